The van der Waals surface area contributed by atoms with E-state index in [-0.39, 0.29) is 29.8 Å². The molecule has 2 N–H and O–H groups in total. The van der Waals surface area contributed by atoms with Crippen LogP contribution in [0, 0.1) is 11.3 Å². The molecular weight excluding hydrogens is 292 g/mol. The molecular formula is C18H32N2O3. The van der Waals surface area contributed by atoms with E-state index >= 15 is 0 Å². The summed E-state index contributed by atoms with van der Waals surface area (Å²) in [4.78, 5) is 26.7. The van der Waals surface area contributed by atoms with Crippen LogP contribution in [0.4, 0.5) is 0 Å². The van der Waals surface area contributed by atoms with Crippen LogP contribution in [-0.2, 0) is 9.59 Å². The minimum absolute atomic E-state index is 0.0109. The molecule has 132 valence electrons. The molecule has 2 amide bonds. The van der Waals surface area contributed by atoms with E-state index in [0.717, 1.165) is 44.9 Å². The Morgan fingerprint density at radius 2 is 1.83 bits per heavy atom. The summed E-state index contributed by atoms with van der Waals surface area (Å²) in [5, 5.41) is 12.5. The highest BCUT2D eigenvalue weighted by Gasteiger charge is 2.35. The zero-order chi connectivity index (χ0) is 16.9. The highest BCUT2D eigenvalue weighted by atomic mass is 16.3. The van der Waals surface area contributed by atoms with Crippen molar-refractivity contribution in [3.05, 3.63) is 0 Å². The van der Waals surface area contributed by atoms with Gasteiger partial charge >= 0.3 is 0 Å². The van der Waals surface area contributed by atoms with Crippen LogP contribution < -0.4 is 5.32 Å². The molecule has 0 spiro atoms. The summed E-state index contributed by atoms with van der Waals surface area (Å²) in [6, 6.07) is -0.451. The van der Waals surface area contributed by atoms with Crippen LogP contribution in [0.15, 0.2) is 0 Å². The Kier molecular flexibility index (Phi) is 6.45. The zero-order valence-electron chi connectivity index (χ0n) is 14.6. The maximum Gasteiger partial charge on any atom is 0.244 e. The second-order valence-electron chi connectivity index (χ2n) is 7.40. The summed E-state index contributed by atoms with van der Waals surface area (Å²) in [6.45, 7) is 5.44. The van der Waals surface area contributed by atoms with Crippen LogP contribution >= 0.6 is 0 Å². The fourth-order valence-electron chi connectivity index (χ4n) is 3.86. The number of nitrogens with one attached hydrogen (secondary N) is 1. The Balaban J connectivity index is 1.82. The average molecular weight is 324 g/mol. The van der Waals surface area contributed by atoms with Gasteiger partial charge in [-0.25, -0.2) is 0 Å². The molecule has 5 heteroatoms. The van der Waals surface area contributed by atoms with Crippen LogP contribution in [-0.4, -0.2) is 47.6 Å². The van der Waals surface area contributed by atoms with Gasteiger partial charge in [0, 0.05) is 25.6 Å². The standard InChI is InChI=1S/C18H32N2O3/c1-3-18(13-21)9-11-20(12-10-18)17(23)14(2)19-16(22)15-7-5-4-6-8-15/h14-15,21H,3-13H2,1-2H3,(H,19,22). The van der Waals surface area contributed by atoms with E-state index in [1.165, 1.54) is 6.42 Å². The number of hydrogen-bond acceptors (Lipinski definition) is 3. The Bertz CT molecular complexity index is 404. The fraction of sp³-hybridized carbons (Fsp3) is 0.889. The molecule has 0 aromatic heterocycles. The lowest BCUT2D eigenvalue weighted by molar-refractivity contribution is -0.139. The third-order valence-corrected chi connectivity index (χ3v) is 5.93. The highest BCUT2D eigenvalue weighted by Crippen LogP contribution is 2.34. The molecule has 2 fully saturated rings. The highest BCUT2D eigenvalue weighted by molar-refractivity contribution is 5.88. The topological polar surface area (TPSA) is 69.6 Å². The first-order chi connectivity index (χ1) is 11.0. The molecule has 1 atom stereocenters. The third kappa shape index (κ3) is 4.46. The predicted molar refractivity (Wildman–Crippen MR) is 89.8 cm³/mol. The maximum atomic E-state index is 12.6. The molecule has 1 saturated heterocycles. The smallest absolute Gasteiger partial charge is 0.244 e. The third-order valence-electron chi connectivity index (χ3n) is 5.93. The molecule has 0 aromatic rings. The molecule has 23 heavy (non-hydrogen) atoms. The monoisotopic (exact) mass is 324 g/mol. The SMILES string of the molecule is CCC1(CO)CCN(C(=O)C(C)NC(=O)C2CCCCC2)CC1. The number of carbonyl (C=O) groups excluding carboxylic acids is 2. The molecule has 2 rings (SSSR count). The summed E-state index contributed by atoms with van der Waals surface area (Å²) in [6.07, 6.45) is 7.98. The van der Waals surface area contributed by atoms with Crippen LogP contribution in [0.2, 0.25) is 0 Å². The van der Waals surface area contributed by atoms with Gasteiger partial charge in [0.15, 0.2) is 0 Å². The summed E-state index contributed by atoms with van der Waals surface area (Å²) in [7, 11) is 0. The van der Waals surface area contributed by atoms with Crippen molar-refractivity contribution in [3.63, 3.8) is 0 Å². The van der Waals surface area contributed by atoms with Gasteiger partial charge in [0.05, 0.1) is 0 Å². The Hall–Kier alpha value is -1.10. The summed E-state index contributed by atoms with van der Waals surface area (Å²) >= 11 is 0. The molecule has 1 aliphatic heterocycles. The quantitative estimate of drug-likeness (QED) is 0.813. The van der Waals surface area contributed by atoms with Gasteiger partial charge in [-0.05, 0) is 44.4 Å². The molecule has 0 radical (unpaired) electrons. The van der Waals surface area contributed by atoms with E-state index in [4.69, 9.17) is 0 Å². The van der Waals surface area contributed by atoms with Crippen LogP contribution in [0.5, 0.6) is 0 Å². The Morgan fingerprint density at radius 3 is 2.35 bits per heavy atom. The van der Waals surface area contributed by atoms with Crippen LogP contribution in [0.3, 0.4) is 0 Å². The first-order valence-corrected chi connectivity index (χ1v) is 9.21. The molecule has 1 heterocycles. The van der Waals surface area contributed by atoms with Gasteiger partial charge in [0.1, 0.15) is 6.04 Å². The lowest BCUT2D eigenvalue weighted by atomic mass is 9.77. The van der Waals surface area contributed by atoms with Crippen molar-refractivity contribution < 1.29 is 14.7 Å². The van der Waals surface area contributed by atoms with Crippen molar-refractivity contribution in [2.24, 2.45) is 11.3 Å². The molecule has 5 nitrogen and oxygen atoms in total. The molecule has 0 aromatic carbocycles. The number of hydrogen-bond donors (Lipinski definition) is 2. The van der Waals surface area contributed by atoms with Crippen molar-refractivity contribution in [3.8, 4) is 0 Å². The van der Waals surface area contributed by atoms with Crippen molar-refractivity contribution >= 4 is 11.8 Å². The minimum Gasteiger partial charge on any atom is -0.396 e. The van der Waals surface area contributed by atoms with E-state index in [9.17, 15) is 14.7 Å². The van der Waals surface area contributed by atoms with Crippen molar-refractivity contribution in [1.29, 1.82) is 0 Å². The number of amides is 2. The van der Waals surface area contributed by atoms with E-state index in [1.54, 1.807) is 6.92 Å². The molecule has 2 aliphatic rings. The fourth-order valence-corrected chi connectivity index (χ4v) is 3.86. The number of piperidine rings is 1. The van der Waals surface area contributed by atoms with E-state index in [2.05, 4.69) is 12.2 Å². The van der Waals surface area contributed by atoms with Crippen LogP contribution in [0.25, 0.3) is 0 Å². The van der Waals surface area contributed by atoms with Crippen LogP contribution in [0.1, 0.15) is 65.2 Å². The predicted octanol–water partition coefficient (Wildman–Crippen LogP) is 2.08. The first-order valence-electron chi connectivity index (χ1n) is 9.21. The van der Waals surface area contributed by atoms with Crippen molar-refractivity contribution in [2.45, 2.75) is 71.3 Å². The average Bonchev–Trinajstić information content (AvgIpc) is 2.61. The minimum atomic E-state index is -0.451. The van der Waals surface area contributed by atoms with Gasteiger partial charge in [-0.15, -0.1) is 0 Å². The van der Waals surface area contributed by atoms with E-state index in [0.29, 0.717) is 13.1 Å². The molecule has 1 aliphatic carbocycles. The Morgan fingerprint density at radius 1 is 1.22 bits per heavy atom. The number of likely N-dealkylation sites (tertiary alicyclic amines) is 1. The lowest BCUT2D eigenvalue weighted by Gasteiger charge is -2.41. The van der Waals surface area contributed by atoms with Gasteiger partial charge in [0.2, 0.25) is 11.8 Å². The summed E-state index contributed by atoms with van der Waals surface area (Å²) in [5.74, 6) is 0.139. The molecule has 1 unspecified atom stereocenters. The summed E-state index contributed by atoms with van der Waals surface area (Å²) < 4.78 is 0. The van der Waals surface area contributed by atoms with Gasteiger partial charge in [0.25, 0.3) is 0 Å². The largest absolute Gasteiger partial charge is 0.396 e. The first kappa shape index (κ1) is 18.2. The normalized spacial score (nSPS) is 23.3. The number of carbonyl (C=O) groups is 2. The van der Waals surface area contributed by atoms with Gasteiger partial charge < -0.3 is 15.3 Å². The Labute approximate surface area is 139 Å². The van der Waals surface area contributed by atoms with Gasteiger partial charge in [-0.2, -0.15) is 0 Å². The molecule has 0 bridgehead atoms. The van der Waals surface area contributed by atoms with Gasteiger partial charge in [-0.3, -0.25) is 9.59 Å². The number of aliphatic hydroxyl groups excluding tert-OH is 1. The van der Waals surface area contributed by atoms with Gasteiger partial charge in [-0.1, -0.05) is 26.2 Å². The van der Waals surface area contributed by atoms with Crippen molar-refractivity contribution in [1.82, 2.24) is 10.2 Å². The number of rotatable bonds is 5. The van der Waals surface area contributed by atoms with Crippen molar-refractivity contribution in [2.75, 3.05) is 19.7 Å². The summed E-state index contributed by atoms with van der Waals surface area (Å²) in [5.41, 5.74) is -0.0225. The number of nitrogens with zero attached hydrogens (tertiary/aromatic N) is 1. The number of aliphatic hydroxyl groups is 1. The zero-order valence-corrected chi connectivity index (χ0v) is 14.6. The van der Waals surface area contributed by atoms with E-state index < -0.39 is 6.04 Å². The lowest BCUT2D eigenvalue weighted by Crippen LogP contribution is -2.52. The maximum absolute atomic E-state index is 12.6. The second-order valence-corrected chi connectivity index (χ2v) is 7.40. The molecule has 1 saturated carbocycles. The van der Waals surface area contributed by atoms with E-state index in [1.807, 2.05) is 4.90 Å². The second kappa shape index (κ2) is 8.13.